The lowest BCUT2D eigenvalue weighted by atomic mass is 10.1. The van der Waals surface area contributed by atoms with Crippen molar-refractivity contribution in [3.8, 4) is 5.75 Å². The van der Waals surface area contributed by atoms with E-state index in [1.54, 1.807) is 17.0 Å². The van der Waals surface area contributed by atoms with Crippen LogP contribution in [0.5, 0.6) is 5.75 Å². The van der Waals surface area contributed by atoms with Crippen LogP contribution in [0.2, 0.25) is 5.02 Å². The summed E-state index contributed by atoms with van der Waals surface area (Å²) in [6.45, 7) is 5.36. The first-order valence-corrected chi connectivity index (χ1v) is 10.2. The molecule has 2 aromatic carbocycles. The van der Waals surface area contributed by atoms with E-state index < -0.39 is 11.7 Å². The first-order valence-electron chi connectivity index (χ1n) is 9.82. The number of amides is 1. The van der Waals surface area contributed by atoms with Crippen molar-refractivity contribution in [2.45, 2.75) is 38.7 Å². The highest BCUT2D eigenvalue weighted by Gasteiger charge is 2.33. The molecule has 2 atom stereocenters. The highest BCUT2D eigenvalue weighted by atomic mass is 35.5. The van der Waals surface area contributed by atoms with Crippen LogP contribution in [0.3, 0.4) is 0 Å². The van der Waals surface area contributed by atoms with Crippen molar-refractivity contribution in [3.63, 3.8) is 0 Å². The summed E-state index contributed by atoms with van der Waals surface area (Å²) in [5, 5.41) is -0.201. The first kappa shape index (κ1) is 23.3. The van der Waals surface area contributed by atoms with Crippen molar-refractivity contribution < 1.29 is 27.1 Å². The number of hydrogen-bond acceptors (Lipinski definition) is 3. The lowest BCUT2D eigenvalue weighted by molar-refractivity contribution is -0.140. The number of carbonyl (C=O) groups excluding carboxylic acids is 1. The minimum Gasteiger partial charge on any atom is -0.482 e. The average molecular weight is 459 g/mol. The van der Waals surface area contributed by atoms with Gasteiger partial charge in [-0.1, -0.05) is 23.7 Å². The summed E-state index contributed by atoms with van der Waals surface area (Å²) in [6, 6.07) is 9.07. The summed E-state index contributed by atoms with van der Waals surface area (Å²) in [7, 11) is 0. The molecule has 1 amide bonds. The third kappa shape index (κ3) is 5.89. The van der Waals surface area contributed by atoms with Crippen LogP contribution in [0, 0.1) is 5.82 Å². The third-order valence-electron chi connectivity index (χ3n) is 5.34. The van der Waals surface area contributed by atoms with Crippen LogP contribution in [0.4, 0.5) is 17.6 Å². The van der Waals surface area contributed by atoms with Crippen molar-refractivity contribution >= 4 is 17.5 Å². The summed E-state index contributed by atoms with van der Waals surface area (Å²) >= 11 is 5.88. The highest BCUT2D eigenvalue weighted by Crippen LogP contribution is 2.34. The Balaban J connectivity index is 1.57. The molecule has 9 heteroatoms. The van der Waals surface area contributed by atoms with Crippen LogP contribution in [-0.4, -0.2) is 47.5 Å². The molecule has 0 aliphatic carbocycles. The molecule has 1 aliphatic heterocycles. The van der Waals surface area contributed by atoms with Gasteiger partial charge in [-0.2, -0.15) is 13.2 Å². The lowest BCUT2D eigenvalue weighted by Crippen LogP contribution is -2.58. The van der Waals surface area contributed by atoms with Gasteiger partial charge in [0.1, 0.15) is 11.6 Å². The Kier molecular flexibility index (Phi) is 7.11. The number of carbonyl (C=O) groups is 1. The molecule has 1 fully saturated rings. The van der Waals surface area contributed by atoms with Gasteiger partial charge in [-0.15, -0.1) is 0 Å². The molecule has 2 aromatic rings. The van der Waals surface area contributed by atoms with Gasteiger partial charge < -0.3 is 9.64 Å². The van der Waals surface area contributed by atoms with E-state index in [0.717, 1.165) is 23.8 Å². The van der Waals surface area contributed by atoms with Gasteiger partial charge in [0.25, 0.3) is 5.91 Å². The predicted molar refractivity (Wildman–Crippen MR) is 109 cm³/mol. The van der Waals surface area contributed by atoms with Crippen LogP contribution in [0.15, 0.2) is 42.5 Å². The van der Waals surface area contributed by atoms with Crippen molar-refractivity contribution in [2.75, 3.05) is 19.7 Å². The van der Waals surface area contributed by atoms with E-state index in [-0.39, 0.29) is 41.2 Å². The lowest BCUT2D eigenvalue weighted by Gasteiger charge is -2.44. The average Bonchev–Trinajstić information content (AvgIpc) is 2.70. The predicted octanol–water partition coefficient (Wildman–Crippen LogP) is 5.00. The Bertz CT molecular complexity index is 921. The Morgan fingerprint density at radius 2 is 1.77 bits per heavy atom. The maximum Gasteiger partial charge on any atom is 0.416 e. The molecule has 0 radical (unpaired) electrons. The quantitative estimate of drug-likeness (QED) is 0.591. The largest absolute Gasteiger partial charge is 0.482 e. The molecule has 0 saturated carbocycles. The van der Waals surface area contributed by atoms with Crippen LogP contribution < -0.4 is 4.74 Å². The van der Waals surface area contributed by atoms with Gasteiger partial charge in [-0.3, -0.25) is 9.69 Å². The van der Waals surface area contributed by atoms with Crippen LogP contribution >= 0.6 is 11.6 Å². The molecule has 1 aliphatic rings. The standard InChI is InChI=1S/C22H23ClF4N2O2/c1-14-11-29(15(2)10-28(14)12-16-3-6-18(24)7-4-16)21(30)13-31-20-8-5-17(9-19(20)23)22(25,26)27/h3-9,14-15H,10-13H2,1-2H3/t14-,15+/m0/s1. The molecule has 0 bridgehead atoms. The number of piperazine rings is 1. The normalized spacial score (nSPS) is 20.0. The first-order chi connectivity index (χ1) is 14.5. The highest BCUT2D eigenvalue weighted by molar-refractivity contribution is 6.32. The molecule has 1 saturated heterocycles. The zero-order valence-corrected chi connectivity index (χ0v) is 17.9. The molecule has 1 heterocycles. The zero-order valence-electron chi connectivity index (χ0n) is 17.1. The number of nitrogens with zero attached hydrogens (tertiary/aromatic N) is 2. The second kappa shape index (κ2) is 9.44. The Morgan fingerprint density at radius 1 is 1.10 bits per heavy atom. The van der Waals surface area contributed by atoms with Gasteiger partial charge in [-0.25, -0.2) is 4.39 Å². The van der Waals surface area contributed by atoms with Crippen LogP contribution in [0.1, 0.15) is 25.0 Å². The SMILES string of the molecule is C[C@@H]1CN(Cc2ccc(F)cc2)[C@@H](C)CN1C(=O)COc1ccc(C(F)(F)F)cc1Cl. The second-order valence-electron chi connectivity index (χ2n) is 7.73. The summed E-state index contributed by atoms with van der Waals surface area (Å²) < 4.78 is 56.7. The monoisotopic (exact) mass is 458 g/mol. The van der Waals surface area contributed by atoms with Crippen molar-refractivity contribution in [3.05, 3.63) is 64.4 Å². The summed E-state index contributed by atoms with van der Waals surface area (Å²) in [5.74, 6) is -0.524. The number of benzene rings is 2. The van der Waals surface area contributed by atoms with E-state index >= 15 is 0 Å². The summed E-state index contributed by atoms with van der Waals surface area (Å²) in [5.41, 5.74) is 0.108. The minimum absolute atomic E-state index is 0.0265. The minimum atomic E-state index is -4.50. The van der Waals surface area contributed by atoms with Gasteiger partial charge in [0.05, 0.1) is 10.6 Å². The maximum atomic E-state index is 13.1. The van der Waals surface area contributed by atoms with Crippen LogP contribution in [-0.2, 0) is 17.5 Å². The molecule has 4 nitrogen and oxygen atoms in total. The van der Waals surface area contributed by atoms with E-state index in [1.807, 2.05) is 13.8 Å². The van der Waals surface area contributed by atoms with E-state index in [4.69, 9.17) is 16.3 Å². The Hall–Kier alpha value is -2.32. The van der Waals surface area contributed by atoms with Gasteiger partial charge in [0.15, 0.2) is 6.61 Å². The maximum absolute atomic E-state index is 13.1. The van der Waals surface area contributed by atoms with Gasteiger partial charge in [0, 0.05) is 31.7 Å². The molecular formula is C22H23ClF4N2O2. The van der Waals surface area contributed by atoms with E-state index in [1.165, 1.54) is 12.1 Å². The topological polar surface area (TPSA) is 32.8 Å². The van der Waals surface area contributed by atoms with Crippen LogP contribution in [0.25, 0.3) is 0 Å². The fourth-order valence-electron chi connectivity index (χ4n) is 3.61. The van der Waals surface area contributed by atoms with Crippen molar-refractivity contribution in [1.82, 2.24) is 9.80 Å². The van der Waals surface area contributed by atoms with Gasteiger partial charge in [0.2, 0.25) is 0 Å². The van der Waals surface area contributed by atoms with Gasteiger partial charge >= 0.3 is 6.18 Å². The van der Waals surface area contributed by atoms with Crippen molar-refractivity contribution in [1.29, 1.82) is 0 Å². The van der Waals surface area contributed by atoms with E-state index in [0.29, 0.717) is 19.6 Å². The van der Waals surface area contributed by atoms with Crippen molar-refractivity contribution in [2.24, 2.45) is 0 Å². The molecule has 0 aromatic heterocycles. The summed E-state index contributed by atoms with van der Waals surface area (Å²) in [6.07, 6.45) is -4.50. The fourth-order valence-corrected chi connectivity index (χ4v) is 3.84. The number of ether oxygens (including phenoxy) is 1. The smallest absolute Gasteiger partial charge is 0.416 e. The third-order valence-corrected chi connectivity index (χ3v) is 5.64. The molecule has 31 heavy (non-hydrogen) atoms. The molecule has 0 N–H and O–H groups in total. The van der Waals surface area contributed by atoms with E-state index in [9.17, 15) is 22.4 Å². The molecule has 0 spiro atoms. The number of halogens is 5. The number of alkyl halides is 3. The van der Waals surface area contributed by atoms with E-state index in [2.05, 4.69) is 4.90 Å². The Morgan fingerprint density at radius 3 is 2.39 bits per heavy atom. The summed E-state index contributed by atoms with van der Waals surface area (Å²) in [4.78, 5) is 16.6. The number of rotatable bonds is 5. The zero-order chi connectivity index (χ0) is 22.8. The Labute approximate surface area is 183 Å². The fraction of sp³-hybridized carbons (Fsp3) is 0.409. The number of hydrogen-bond donors (Lipinski definition) is 0. The molecule has 168 valence electrons. The van der Waals surface area contributed by atoms with Gasteiger partial charge in [-0.05, 0) is 49.7 Å². The molecule has 3 rings (SSSR count). The molecular weight excluding hydrogens is 436 g/mol. The second-order valence-corrected chi connectivity index (χ2v) is 8.14. The molecule has 0 unspecified atom stereocenters.